The van der Waals surface area contributed by atoms with Crippen molar-refractivity contribution in [2.75, 3.05) is 33.4 Å². The van der Waals surface area contributed by atoms with Crippen LogP contribution < -0.4 is 5.32 Å². The fraction of sp³-hybridized carbons (Fsp3) is 0.500. The monoisotopic (exact) mass is 497 g/mol. The summed E-state index contributed by atoms with van der Waals surface area (Å²) in [4.78, 5) is 6.83. The van der Waals surface area contributed by atoms with Crippen LogP contribution in [0, 0.1) is 0 Å². The minimum Gasteiger partial charge on any atom is -0.377 e. The molecule has 0 amide bonds. The van der Waals surface area contributed by atoms with Crippen molar-refractivity contribution in [1.82, 2.24) is 10.2 Å². The Labute approximate surface area is 177 Å². The van der Waals surface area contributed by atoms with E-state index in [1.54, 1.807) is 0 Å². The SMILES string of the molecule is CCNC(=NCCC1=CCOCC1)N(C)Cc1ccc(Cl)c(Cl)c1.I. The molecule has 1 aliphatic rings. The highest BCUT2D eigenvalue weighted by Gasteiger charge is 2.09. The minimum atomic E-state index is 0. The van der Waals surface area contributed by atoms with E-state index in [9.17, 15) is 0 Å². The Hall–Kier alpha value is -0.500. The fourth-order valence-corrected chi connectivity index (χ4v) is 2.88. The standard InChI is InChI=1S/C18H25Cl2N3O.HI/c1-3-21-18(22-9-6-14-7-10-24-11-8-14)23(2)13-15-4-5-16(19)17(20)12-15;/h4-5,7,12H,3,6,8-11,13H2,1-2H3,(H,21,22);1H. The lowest BCUT2D eigenvalue weighted by atomic mass is 10.1. The normalized spacial score (nSPS) is 14.6. The minimum absolute atomic E-state index is 0. The van der Waals surface area contributed by atoms with Gasteiger partial charge in [0.1, 0.15) is 0 Å². The Morgan fingerprint density at radius 3 is 2.76 bits per heavy atom. The van der Waals surface area contributed by atoms with E-state index >= 15 is 0 Å². The highest BCUT2D eigenvalue weighted by Crippen LogP contribution is 2.23. The summed E-state index contributed by atoms with van der Waals surface area (Å²) in [6.07, 6.45) is 4.18. The van der Waals surface area contributed by atoms with Gasteiger partial charge in [0.05, 0.1) is 23.3 Å². The van der Waals surface area contributed by atoms with Crippen molar-refractivity contribution in [3.8, 4) is 0 Å². The molecule has 0 fully saturated rings. The van der Waals surface area contributed by atoms with Gasteiger partial charge in [-0.15, -0.1) is 24.0 Å². The van der Waals surface area contributed by atoms with Gasteiger partial charge in [0.25, 0.3) is 0 Å². The van der Waals surface area contributed by atoms with Crippen LogP contribution in [0.4, 0.5) is 0 Å². The number of hydrogen-bond acceptors (Lipinski definition) is 2. The lowest BCUT2D eigenvalue weighted by molar-refractivity contribution is 0.153. The van der Waals surface area contributed by atoms with Crippen molar-refractivity contribution < 1.29 is 4.74 Å². The van der Waals surface area contributed by atoms with Gasteiger partial charge in [-0.3, -0.25) is 4.99 Å². The third-order valence-corrected chi connectivity index (χ3v) is 4.59. The second-order valence-electron chi connectivity index (χ2n) is 5.78. The molecule has 0 aliphatic carbocycles. The zero-order valence-corrected chi connectivity index (χ0v) is 18.6. The van der Waals surface area contributed by atoms with Crippen molar-refractivity contribution in [3.63, 3.8) is 0 Å². The fourth-order valence-electron chi connectivity index (χ4n) is 2.55. The number of benzene rings is 1. The molecule has 4 nitrogen and oxygen atoms in total. The van der Waals surface area contributed by atoms with Crippen LogP contribution in [0.3, 0.4) is 0 Å². The summed E-state index contributed by atoms with van der Waals surface area (Å²) in [5.74, 6) is 0.899. The van der Waals surface area contributed by atoms with Crippen molar-refractivity contribution in [3.05, 3.63) is 45.5 Å². The van der Waals surface area contributed by atoms with Crippen LogP contribution in [-0.4, -0.2) is 44.2 Å². The maximum Gasteiger partial charge on any atom is 0.193 e. The summed E-state index contributed by atoms with van der Waals surface area (Å²) < 4.78 is 5.34. The summed E-state index contributed by atoms with van der Waals surface area (Å²) in [6.45, 7) is 5.97. The van der Waals surface area contributed by atoms with Crippen LogP contribution in [0.5, 0.6) is 0 Å². The van der Waals surface area contributed by atoms with Gasteiger partial charge in [-0.25, -0.2) is 0 Å². The van der Waals surface area contributed by atoms with Gasteiger partial charge in [0.15, 0.2) is 5.96 Å². The second kappa shape index (κ2) is 12.0. The van der Waals surface area contributed by atoms with Gasteiger partial charge in [0.2, 0.25) is 0 Å². The Morgan fingerprint density at radius 1 is 1.32 bits per heavy atom. The van der Waals surface area contributed by atoms with Gasteiger partial charge in [-0.05, 0) is 37.5 Å². The van der Waals surface area contributed by atoms with Crippen LogP contribution in [0.2, 0.25) is 10.0 Å². The zero-order chi connectivity index (χ0) is 17.4. The number of guanidine groups is 1. The predicted molar refractivity (Wildman–Crippen MR) is 117 cm³/mol. The number of ether oxygens (including phenoxy) is 1. The first-order valence-electron chi connectivity index (χ1n) is 8.29. The Balaban J connectivity index is 0.00000312. The molecule has 1 aliphatic heterocycles. The van der Waals surface area contributed by atoms with E-state index in [1.165, 1.54) is 5.57 Å². The van der Waals surface area contributed by atoms with Crippen LogP contribution >= 0.6 is 47.2 Å². The Morgan fingerprint density at radius 2 is 2.12 bits per heavy atom. The van der Waals surface area contributed by atoms with E-state index in [2.05, 4.69) is 23.2 Å². The lowest BCUT2D eigenvalue weighted by Crippen LogP contribution is -2.38. The number of nitrogens with one attached hydrogen (secondary N) is 1. The van der Waals surface area contributed by atoms with Crippen LogP contribution in [0.15, 0.2) is 34.8 Å². The molecule has 1 N–H and O–H groups in total. The average molecular weight is 498 g/mol. The van der Waals surface area contributed by atoms with Crippen molar-refractivity contribution in [1.29, 1.82) is 0 Å². The number of halogens is 3. The highest BCUT2D eigenvalue weighted by molar-refractivity contribution is 14.0. The molecule has 0 aromatic heterocycles. The topological polar surface area (TPSA) is 36.9 Å². The summed E-state index contributed by atoms with van der Waals surface area (Å²) in [5, 5.41) is 4.50. The first-order chi connectivity index (χ1) is 11.6. The molecule has 1 heterocycles. The molecule has 25 heavy (non-hydrogen) atoms. The van der Waals surface area contributed by atoms with E-state index in [4.69, 9.17) is 32.9 Å². The third kappa shape index (κ3) is 7.72. The van der Waals surface area contributed by atoms with Gasteiger partial charge in [-0.2, -0.15) is 0 Å². The quantitative estimate of drug-likeness (QED) is 0.267. The van der Waals surface area contributed by atoms with E-state index in [1.807, 2.05) is 25.2 Å². The molecular formula is C18H26Cl2IN3O. The smallest absolute Gasteiger partial charge is 0.193 e. The molecule has 2 rings (SSSR count). The van der Waals surface area contributed by atoms with Crippen molar-refractivity contribution in [2.24, 2.45) is 4.99 Å². The molecule has 7 heteroatoms. The number of aliphatic imine (C=N–C) groups is 1. The molecule has 0 radical (unpaired) electrons. The molecule has 0 saturated heterocycles. The first kappa shape index (κ1) is 22.5. The maximum absolute atomic E-state index is 6.09. The molecule has 1 aromatic rings. The van der Waals surface area contributed by atoms with E-state index < -0.39 is 0 Å². The summed E-state index contributed by atoms with van der Waals surface area (Å²) in [6, 6.07) is 5.71. The zero-order valence-electron chi connectivity index (χ0n) is 14.7. The lowest BCUT2D eigenvalue weighted by Gasteiger charge is -2.22. The van der Waals surface area contributed by atoms with Gasteiger partial charge >= 0.3 is 0 Å². The summed E-state index contributed by atoms with van der Waals surface area (Å²) >= 11 is 12.1. The molecule has 1 aromatic carbocycles. The Kier molecular flexibility index (Phi) is 10.8. The third-order valence-electron chi connectivity index (χ3n) is 3.85. The van der Waals surface area contributed by atoms with Gasteiger partial charge in [-0.1, -0.05) is 40.9 Å². The molecular weight excluding hydrogens is 472 g/mol. The van der Waals surface area contributed by atoms with Crippen LogP contribution in [-0.2, 0) is 11.3 Å². The number of rotatable bonds is 6. The van der Waals surface area contributed by atoms with Crippen LogP contribution in [0.1, 0.15) is 25.3 Å². The molecule has 0 atom stereocenters. The van der Waals surface area contributed by atoms with Crippen molar-refractivity contribution >= 4 is 53.1 Å². The molecule has 140 valence electrons. The largest absolute Gasteiger partial charge is 0.377 e. The molecule has 0 unspecified atom stereocenters. The molecule has 0 bridgehead atoms. The average Bonchev–Trinajstić information content (AvgIpc) is 2.58. The molecule has 0 saturated carbocycles. The summed E-state index contributed by atoms with van der Waals surface area (Å²) in [5.41, 5.74) is 2.54. The predicted octanol–water partition coefficient (Wildman–Crippen LogP) is 4.75. The van der Waals surface area contributed by atoms with E-state index in [-0.39, 0.29) is 24.0 Å². The number of nitrogens with zero attached hydrogens (tertiary/aromatic N) is 2. The van der Waals surface area contributed by atoms with Gasteiger partial charge in [0, 0.05) is 26.7 Å². The van der Waals surface area contributed by atoms with E-state index in [0.717, 1.165) is 57.2 Å². The van der Waals surface area contributed by atoms with E-state index in [0.29, 0.717) is 10.0 Å². The highest BCUT2D eigenvalue weighted by atomic mass is 127. The first-order valence-corrected chi connectivity index (χ1v) is 9.04. The second-order valence-corrected chi connectivity index (χ2v) is 6.59. The Bertz CT molecular complexity index is 608. The summed E-state index contributed by atoms with van der Waals surface area (Å²) in [7, 11) is 2.03. The van der Waals surface area contributed by atoms with Gasteiger partial charge < -0.3 is 15.0 Å². The molecule has 0 spiro atoms. The van der Waals surface area contributed by atoms with Crippen LogP contribution in [0.25, 0.3) is 0 Å². The number of hydrogen-bond donors (Lipinski definition) is 1. The van der Waals surface area contributed by atoms with Crippen molar-refractivity contribution in [2.45, 2.75) is 26.3 Å². The maximum atomic E-state index is 6.09.